The maximum absolute atomic E-state index is 11.5. The van der Waals surface area contributed by atoms with Gasteiger partial charge in [-0.1, -0.05) is 13.8 Å². The smallest absolute Gasteiger partial charge is 0.253 e. The molecule has 4 heteroatoms. The van der Waals surface area contributed by atoms with Crippen LogP contribution in [-0.4, -0.2) is 23.2 Å². The van der Waals surface area contributed by atoms with E-state index >= 15 is 0 Å². The van der Waals surface area contributed by atoms with Gasteiger partial charge in [-0.3, -0.25) is 14.6 Å². The zero-order chi connectivity index (χ0) is 11.3. The van der Waals surface area contributed by atoms with Gasteiger partial charge in [0, 0.05) is 18.3 Å². The monoisotopic (exact) mass is 206 g/mol. The highest BCUT2D eigenvalue weighted by molar-refractivity contribution is 5.96. The summed E-state index contributed by atoms with van der Waals surface area (Å²) in [7, 11) is 0. The van der Waals surface area contributed by atoms with Gasteiger partial charge in [-0.2, -0.15) is 0 Å². The van der Waals surface area contributed by atoms with Crippen molar-refractivity contribution in [2.75, 3.05) is 6.54 Å². The molecule has 0 radical (unpaired) electrons. The summed E-state index contributed by atoms with van der Waals surface area (Å²) in [6.45, 7) is 3.68. The molecule has 0 saturated carbocycles. The molecule has 0 bridgehead atoms. The average Bonchev–Trinajstić information content (AvgIpc) is 2.26. The number of rotatable bonds is 4. The van der Waals surface area contributed by atoms with Crippen LogP contribution < -0.4 is 5.32 Å². The number of nitrogens with one attached hydrogen (secondary N) is 1. The van der Waals surface area contributed by atoms with Crippen molar-refractivity contribution in [1.29, 1.82) is 0 Å². The van der Waals surface area contributed by atoms with E-state index in [9.17, 15) is 9.59 Å². The topological polar surface area (TPSA) is 59.1 Å². The Balaban J connectivity index is 2.48. The van der Waals surface area contributed by atoms with E-state index in [2.05, 4.69) is 10.3 Å². The number of hydrogen-bond acceptors (Lipinski definition) is 3. The second-order valence-corrected chi connectivity index (χ2v) is 3.55. The van der Waals surface area contributed by atoms with E-state index in [0.717, 1.165) is 0 Å². The van der Waals surface area contributed by atoms with Crippen LogP contribution in [0.4, 0.5) is 0 Å². The first kappa shape index (κ1) is 11.4. The second kappa shape index (κ2) is 5.24. The van der Waals surface area contributed by atoms with Crippen LogP contribution in [-0.2, 0) is 4.79 Å². The zero-order valence-corrected chi connectivity index (χ0v) is 8.86. The van der Waals surface area contributed by atoms with Crippen molar-refractivity contribution in [2.45, 2.75) is 13.8 Å². The lowest BCUT2D eigenvalue weighted by molar-refractivity contribution is -0.120. The molecule has 0 aromatic carbocycles. The van der Waals surface area contributed by atoms with E-state index in [4.69, 9.17) is 0 Å². The third-order valence-corrected chi connectivity index (χ3v) is 1.99. The van der Waals surface area contributed by atoms with Crippen molar-refractivity contribution in [2.24, 2.45) is 5.92 Å². The minimum Gasteiger partial charge on any atom is -0.345 e. The van der Waals surface area contributed by atoms with Crippen LogP contribution in [0.3, 0.4) is 0 Å². The molecular weight excluding hydrogens is 192 g/mol. The number of nitrogens with zero attached hydrogens (tertiary/aromatic N) is 1. The van der Waals surface area contributed by atoms with Gasteiger partial charge >= 0.3 is 0 Å². The molecule has 0 aliphatic carbocycles. The summed E-state index contributed by atoms with van der Waals surface area (Å²) in [5, 5.41) is 2.55. The predicted octanol–water partition coefficient (Wildman–Crippen LogP) is 1.04. The van der Waals surface area contributed by atoms with E-state index < -0.39 is 0 Å². The molecule has 0 unspecified atom stereocenters. The highest BCUT2D eigenvalue weighted by Gasteiger charge is 2.10. The molecule has 80 valence electrons. The molecule has 4 nitrogen and oxygen atoms in total. The largest absolute Gasteiger partial charge is 0.345 e. The quantitative estimate of drug-likeness (QED) is 0.800. The first-order chi connectivity index (χ1) is 7.11. The lowest BCUT2D eigenvalue weighted by Gasteiger charge is -2.05. The molecule has 1 heterocycles. The number of aromatic nitrogens is 1. The number of amides is 1. The van der Waals surface area contributed by atoms with Gasteiger partial charge in [-0.15, -0.1) is 0 Å². The van der Waals surface area contributed by atoms with Gasteiger partial charge in [-0.05, 0) is 12.1 Å². The molecule has 1 N–H and O–H groups in total. The van der Waals surface area contributed by atoms with Gasteiger partial charge in [-0.25, -0.2) is 0 Å². The van der Waals surface area contributed by atoms with E-state index in [1.165, 1.54) is 6.20 Å². The molecule has 0 aliphatic rings. The summed E-state index contributed by atoms with van der Waals surface area (Å²) in [4.78, 5) is 26.5. The second-order valence-electron chi connectivity index (χ2n) is 3.55. The lowest BCUT2D eigenvalue weighted by atomic mass is 10.1. The van der Waals surface area contributed by atoms with Gasteiger partial charge in [0.2, 0.25) is 0 Å². The summed E-state index contributed by atoms with van der Waals surface area (Å²) >= 11 is 0. The van der Waals surface area contributed by atoms with E-state index in [1.807, 2.05) is 0 Å². The molecule has 1 aromatic rings. The molecule has 1 amide bonds. The van der Waals surface area contributed by atoms with Crippen LogP contribution >= 0.6 is 0 Å². The molecule has 0 atom stereocenters. The van der Waals surface area contributed by atoms with Gasteiger partial charge < -0.3 is 5.32 Å². The fraction of sp³-hybridized carbons (Fsp3) is 0.364. The van der Waals surface area contributed by atoms with Crippen molar-refractivity contribution in [1.82, 2.24) is 10.3 Å². The van der Waals surface area contributed by atoms with E-state index in [1.54, 1.807) is 32.2 Å². The van der Waals surface area contributed by atoms with Crippen LogP contribution in [0.25, 0.3) is 0 Å². The Hall–Kier alpha value is -1.71. The number of hydrogen-bond donors (Lipinski definition) is 1. The zero-order valence-electron chi connectivity index (χ0n) is 8.86. The van der Waals surface area contributed by atoms with Crippen LogP contribution in [0.15, 0.2) is 24.5 Å². The summed E-state index contributed by atoms with van der Waals surface area (Å²) in [5.74, 6) is -0.302. The Kier molecular flexibility index (Phi) is 3.97. The van der Waals surface area contributed by atoms with Crippen molar-refractivity contribution in [3.05, 3.63) is 30.1 Å². The predicted molar refractivity (Wildman–Crippen MR) is 56.4 cm³/mol. The Labute approximate surface area is 88.7 Å². The van der Waals surface area contributed by atoms with Crippen molar-refractivity contribution < 1.29 is 9.59 Å². The van der Waals surface area contributed by atoms with E-state index in [-0.39, 0.29) is 24.2 Å². The molecular formula is C11H14N2O2. The van der Waals surface area contributed by atoms with Crippen LogP contribution in [0.1, 0.15) is 24.2 Å². The Morgan fingerprint density at radius 3 is 2.73 bits per heavy atom. The maximum atomic E-state index is 11.5. The van der Waals surface area contributed by atoms with Crippen molar-refractivity contribution >= 4 is 11.7 Å². The summed E-state index contributed by atoms with van der Waals surface area (Å²) < 4.78 is 0. The molecule has 0 spiro atoms. The van der Waals surface area contributed by atoms with Gasteiger partial charge in [0.1, 0.15) is 0 Å². The Morgan fingerprint density at radius 1 is 1.47 bits per heavy atom. The minimum absolute atomic E-state index is 0.0206. The molecule has 1 rings (SSSR count). The Morgan fingerprint density at radius 2 is 2.20 bits per heavy atom. The van der Waals surface area contributed by atoms with Crippen molar-refractivity contribution in [3.8, 4) is 0 Å². The highest BCUT2D eigenvalue weighted by Crippen LogP contribution is 1.96. The normalized spacial score (nSPS) is 10.1. The number of carbonyl (C=O) groups is 2. The molecule has 0 aliphatic heterocycles. The molecule has 0 fully saturated rings. The Bertz CT molecular complexity index is 347. The number of carbonyl (C=O) groups excluding carboxylic acids is 2. The fourth-order valence-electron chi connectivity index (χ4n) is 0.971. The lowest BCUT2D eigenvalue weighted by Crippen LogP contribution is -2.31. The SMILES string of the molecule is CC(C)C(=O)CNC(=O)c1cccnc1. The number of Topliss-reactive ketones (excluding diaryl/α,β-unsaturated/α-hetero) is 1. The van der Waals surface area contributed by atoms with Crippen LogP contribution in [0, 0.1) is 5.92 Å². The van der Waals surface area contributed by atoms with Gasteiger partial charge in [0.25, 0.3) is 5.91 Å². The highest BCUT2D eigenvalue weighted by atomic mass is 16.2. The van der Waals surface area contributed by atoms with Crippen LogP contribution in [0.2, 0.25) is 0 Å². The van der Waals surface area contributed by atoms with Crippen LogP contribution in [0.5, 0.6) is 0 Å². The maximum Gasteiger partial charge on any atom is 0.253 e. The summed E-state index contributed by atoms with van der Waals surface area (Å²) in [5.41, 5.74) is 0.467. The van der Waals surface area contributed by atoms with E-state index in [0.29, 0.717) is 5.56 Å². The minimum atomic E-state index is -0.267. The first-order valence-electron chi connectivity index (χ1n) is 4.82. The average molecular weight is 206 g/mol. The standard InChI is InChI=1S/C11H14N2O2/c1-8(2)10(14)7-13-11(15)9-4-3-5-12-6-9/h3-6,8H,7H2,1-2H3,(H,13,15). The molecule has 15 heavy (non-hydrogen) atoms. The number of ketones is 1. The summed E-state index contributed by atoms with van der Waals surface area (Å²) in [6, 6.07) is 3.33. The molecule has 1 aromatic heterocycles. The summed E-state index contributed by atoms with van der Waals surface area (Å²) in [6.07, 6.45) is 3.06. The fourth-order valence-corrected chi connectivity index (χ4v) is 0.971. The third-order valence-electron chi connectivity index (χ3n) is 1.99. The van der Waals surface area contributed by atoms with Gasteiger partial charge in [0.15, 0.2) is 5.78 Å². The third kappa shape index (κ3) is 3.50. The van der Waals surface area contributed by atoms with Gasteiger partial charge in [0.05, 0.1) is 12.1 Å². The number of pyridine rings is 1. The first-order valence-corrected chi connectivity index (χ1v) is 4.82. The molecule has 0 saturated heterocycles. The van der Waals surface area contributed by atoms with Crippen molar-refractivity contribution in [3.63, 3.8) is 0 Å².